The van der Waals surface area contributed by atoms with E-state index in [1.165, 1.54) is 0 Å². The maximum atomic E-state index is 9.04. The van der Waals surface area contributed by atoms with Crippen LogP contribution < -0.4 is 4.74 Å². The molecule has 0 aliphatic carbocycles. The lowest BCUT2D eigenvalue weighted by Gasteiger charge is -2.19. The van der Waals surface area contributed by atoms with E-state index in [0.29, 0.717) is 18.2 Å². The summed E-state index contributed by atoms with van der Waals surface area (Å²) in [6.45, 7) is 4.38. The molecule has 0 atom stereocenters. The van der Waals surface area contributed by atoms with Crippen LogP contribution in [0.4, 0.5) is 0 Å². The highest BCUT2D eigenvalue weighted by molar-refractivity contribution is 6.30. The van der Waals surface area contributed by atoms with E-state index < -0.39 is 0 Å². The molecule has 0 unspecified atom stereocenters. The Morgan fingerprint density at radius 2 is 2.15 bits per heavy atom. The summed E-state index contributed by atoms with van der Waals surface area (Å²) in [7, 11) is 1.63. The first-order valence-electron chi connectivity index (χ1n) is 6.64. The molecule has 0 radical (unpaired) electrons. The second-order valence-electron chi connectivity index (χ2n) is 4.59. The average molecular weight is 295 g/mol. The van der Waals surface area contributed by atoms with Gasteiger partial charge in [0.25, 0.3) is 0 Å². The molecule has 1 heterocycles. The summed E-state index contributed by atoms with van der Waals surface area (Å²) in [5.74, 6) is 0.768. The van der Waals surface area contributed by atoms with Gasteiger partial charge in [-0.1, -0.05) is 18.5 Å². The fourth-order valence-electron chi connectivity index (χ4n) is 2.14. The van der Waals surface area contributed by atoms with Crippen LogP contribution >= 0.6 is 11.6 Å². The summed E-state index contributed by atoms with van der Waals surface area (Å²) in [4.78, 5) is 6.55. The number of halogens is 1. The Labute approximate surface area is 123 Å². The van der Waals surface area contributed by atoms with Crippen molar-refractivity contribution >= 4 is 22.5 Å². The maximum Gasteiger partial charge on any atom is 0.134 e. The standard InChI is InChI=1S/C15H19ClN2O2/c1-3-18(6-7-19)10-12-8-11-4-5-13(20-2)9-14(11)17-15(12)16/h4-5,8-9,19H,3,6-7,10H2,1-2H3. The zero-order valence-electron chi connectivity index (χ0n) is 11.8. The summed E-state index contributed by atoms with van der Waals surface area (Å²) >= 11 is 6.26. The molecule has 1 N–H and O–H groups in total. The van der Waals surface area contributed by atoms with Crippen LogP contribution in [0.1, 0.15) is 12.5 Å². The number of hydrogen-bond donors (Lipinski definition) is 1. The Balaban J connectivity index is 2.32. The molecule has 0 aliphatic rings. The van der Waals surface area contributed by atoms with Gasteiger partial charge in [-0.2, -0.15) is 0 Å². The molecule has 0 aliphatic heterocycles. The van der Waals surface area contributed by atoms with Gasteiger partial charge in [0.1, 0.15) is 10.9 Å². The fraction of sp³-hybridized carbons (Fsp3) is 0.400. The number of aromatic nitrogens is 1. The van der Waals surface area contributed by atoms with Crippen LogP contribution in [0.15, 0.2) is 24.3 Å². The highest BCUT2D eigenvalue weighted by Crippen LogP contribution is 2.25. The number of fused-ring (bicyclic) bond motifs is 1. The van der Waals surface area contributed by atoms with Crippen LogP contribution in [-0.4, -0.2) is 41.8 Å². The van der Waals surface area contributed by atoms with E-state index in [9.17, 15) is 0 Å². The zero-order chi connectivity index (χ0) is 14.5. The molecule has 2 aromatic rings. The lowest BCUT2D eigenvalue weighted by atomic mass is 10.1. The van der Waals surface area contributed by atoms with Gasteiger partial charge in [-0.25, -0.2) is 4.98 Å². The first-order chi connectivity index (χ1) is 9.67. The van der Waals surface area contributed by atoms with Crippen LogP contribution in [0.5, 0.6) is 5.75 Å². The average Bonchev–Trinajstić information content (AvgIpc) is 2.46. The van der Waals surface area contributed by atoms with E-state index in [2.05, 4.69) is 16.8 Å². The molecule has 0 saturated carbocycles. The lowest BCUT2D eigenvalue weighted by molar-refractivity contribution is 0.197. The third kappa shape index (κ3) is 3.39. The Morgan fingerprint density at radius 3 is 2.80 bits per heavy atom. The Kier molecular flexibility index (Phi) is 5.17. The summed E-state index contributed by atoms with van der Waals surface area (Å²) < 4.78 is 5.19. The monoisotopic (exact) mass is 294 g/mol. The van der Waals surface area contributed by atoms with Gasteiger partial charge < -0.3 is 9.84 Å². The van der Waals surface area contributed by atoms with Gasteiger partial charge in [-0.15, -0.1) is 0 Å². The van der Waals surface area contributed by atoms with Crippen molar-refractivity contribution in [3.63, 3.8) is 0 Å². The molecule has 1 aromatic carbocycles. The number of ether oxygens (including phenoxy) is 1. The molecule has 0 bridgehead atoms. The van der Waals surface area contributed by atoms with Gasteiger partial charge in [0.15, 0.2) is 0 Å². The molecule has 2 rings (SSSR count). The number of pyridine rings is 1. The lowest BCUT2D eigenvalue weighted by Crippen LogP contribution is -2.26. The molecule has 20 heavy (non-hydrogen) atoms. The van der Waals surface area contributed by atoms with E-state index in [1.54, 1.807) is 7.11 Å². The summed E-state index contributed by atoms with van der Waals surface area (Å²) in [6.07, 6.45) is 0. The summed E-state index contributed by atoms with van der Waals surface area (Å²) in [5.41, 5.74) is 1.79. The molecule has 4 nitrogen and oxygen atoms in total. The van der Waals surface area contributed by atoms with Crippen LogP contribution in [0, 0.1) is 0 Å². The Bertz CT molecular complexity index is 589. The SMILES string of the molecule is CCN(CCO)Cc1cc2ccc(OC)cc2nc1Cl. The number of aliphatic hydroxyl groups excluding tert-OH is 1. The van der Waals surface area contributed by atoms with Gasteiger partial charge in [-0.05, 0) is 24.7 Å². The fourth-order valence-corrected chi connectivity index (χ4v) is 2.34. The zero-order valence-corrected chi connectivity index (χ0v) is 12.5. The summed E-state index contributed by atoms with van der Waals surface area (Å²) in [5, 5.41) is 10.6. The van der Waals surface area contributed by atoms with Crippen molar-refractivity contribution in [2.45, 2.75) is 13.5 Å². The number of nitrogens with zero attached hydrogens (tertiary/aromatic N) is 2. The van der Waals surface area contributed by atoms with Crippen molar-refractivity contribution in [1.82, 2.24) is 9.88 Å². The molecule has 0 spiro atoms. The van der Waals surface area contributed by atoms with Crippen molar-refractivity contribution in [2.24, 2.45) is 0 Å². The van der Waals surface area contributed by atoms with Gasteiger partial charge in [-0.3, -0.25) is 4.90 Å². The molecular weight excluding hydrogens is 276 g/mol. The van der Waals surface area contributed by atoms with E-state index in [1.807, 2.05) is 24.3 Å². The molecule has 5 heteroatoms. The van der Waals surface area contributed by atoms with Crippen molar-refractivity contribution in [3.8, 4) is 5.75 Å². The van der Waals surface area contributed by atoms with E-state index >= 15 is 0 Å². The van der Waals surface area contributed by atoms with Gasteiger partial charge in [0, 0.05) is 30.1 Å². The minimum absolute atomic E-state index is 0.143. The molecule has 0 saturated heterocycles. The predicted octanol–water partition coefficient (Wildman–Crippen LogP) is 2.71. The first kappa shape index (κ1) is 15.0. The van der Waals surface area contributed by atoms with Crippen molar-refractivity contribution in [2.75, 3.05) is 26.8 Å². The van der Waals surface area contributed by atoms with Crippen molar-refractivity contribution < 1.29 is 9.84 Å². The normalized spacial score (nSPS) is 11.2. The van der Waals surface area contributed by atoms with Crippen LogP contribution in [-0.2, 0) is 6.54 Å². The molecule has 108 valence electrons. The van der Waals surface area contributed by atoms with Gasteiger partial charge in [0.2, 0.25) is 0 Å². The molecule has 0 amide bonds. The topological polar surface area (TPSA) is 45.6 Å². The van der Waals surface area contributed by atoms with E-state index in [4.69, 9.17) is 21.4 Å². The second kappa shape index (κ2) is 6.88. The minimum atomic E-state index is 0.143. The number of benzene rings is 1. The van der Waals surface area contributed by atoms with E-state index in [-0.39, 0.29) is 6.61 Å². The van der Waals surface area contributed by atoms with E-state index in [0.717, 1.165) is 28.8 Å². The Hall–Kier alpha value is -1.36. The highest BCUT2D eigenvalue weighted by Gasteiger charge is 2.10. The smallest absolute Gasteiger partial charge is 0.134 e. The highest BCUT2D eigenvalue weighted by atomic mass is 35.5. The van der Waals surface area contributed by atoms with Crippen molar-refractivity contribution in [1.29, 1.82) is 0 Å². The third-order valence-corrected chi connectivity index (χ3v) is 3.64. The van der Waals surface area contributed by atoms with Crippen LogP contribution in [0.25, 0.3) is 10.9 Å². The number of hydrogen-bond acceptors (Lipinski definition) is 4. The molecule has 0 fully saturated rings. The Morgan fingerprint density at radius 1 is 1.35 bits per heavy atom. The quantitative estimate of drug-likeness (QED) is 0.832. The largest absolute Gasteiger partial charge is 0.497 e. The minimum Gasteiger partial charge on any atom is -0.497 e. The van der Waals surface area contributed by atoms with Gasteiger partial charge in [0.05, 0.1) is 19.2 Å². The number of aliphatic hydroxyl groups is 1. The number of methoxy groups -OCH3 is 1. The second-order valence-corrected chi connectivity index (χ2v) is 4.95. The predicted molar refractivity (Wildman–Crippen MR) is 81.3 cm³/mol. The van der Waals surface area contributed by atoms with Crippen LogP contribution in [0.2, 0.25) is 5.15 Å². The number of likely N-dealkylation sites (N-methyl/N-ethyl adjacent to an activating group) is 1. The molecule has 1 aromatic heterocycles. The van der Waals surface area contributed by atoms with Gasteiger partial charge >= 0.3 is 0 Å². The third-order valence-electron chi connectivity index (χ3n) is 3.31. The number of rotatable bonds is 6. The summed E-state index contributed by atoms with van der Waals surface area (Å²) in [6, 6.07) is 7.80. The first-order valence-corrected chi connectivity index (χ1v) is 7.02. The van der Waals surface area contributed by atoms with Crippen LogP contribution in [0.3, 0.4) is 0 Å². The van der Waals surface area contributed by atoms with Crippen molar-refractivity contribution in [3.05, 3.63) is 35.0 Å². The maximum absolute atomic E-state index is 9.04. The molecular formula is C15H19ClN2O2.